The van der Waals surface area contributed by atoms with Gasteiger partial charge in [-0.25, -0.2) is 4.98 Å². The number of aromatic nitrogens is 1. The first-order valence-electron chi connectivity index (χ1n) is 5.59. The Morgan fingerprint density at radius 3 is 2.71 bits per heavy atom. The van der Waals surface area contributed by atoms with Crippen molar-refractivity contribution in [3.63, 3.8) is 0 Å². The maximum absolute atomic E-state index is 10.9. The fourth-order valence-electron chi connectivity index (χ4n) is 2.23. The predicted octanol–water partition coefficient (Wildman–Crippen LogP) is 3.39. The average Bonchev–Trinajstić information content (AvgIpc) is 2.64. The van der Waals surface area contributed by atoms with Gasteiger partial charge in [0.05, 0.1) is 4.92 Å². The van der Waals surface area contributed by atoms with Crippen LogP contribution in [0.25, 0.3) is 0 Å². The number of hydrogen-bond acceptors (Lipinski definition) is 4. The molecule has 5 nitrogen and oxygen atoms in total. The molecule has 1 aliphatic carbocycles. The molecule has 0 unspecified atom stereocenters. The molecule has 1 saturated carbocycles. The molecule has 0 aromatic carbocycles. The van der Waals surface area contributed by atoms with Crippen molar-refractivity contribution in [2.24, 2.45) is 0 Å². The highest BCUT2D eigenvalue weighted by molar-refractivity contribution is 6.29. The van der Waals surface area contributed by atoms with E-state index in [1.165, 1.54) is 12.1 Å². The topological polar surface area (TPSA) is 68.1 Å². The number of nitrogens with zero attached hydrogens (tertiary/aromatic N) is 2. The number of nitrogens with one attached hydrogen (secondary N) is 1. The zero-order chi connectivity index (χ0) is 12.5. The third-order valence-electron chi connectivity index (χ3n) is 3.16. The van der Waals surface area contributed by atoms with Crippen LogP contribution in [0.2, 0.25) is 5.15 Å². The second-order valence-electron chi connectivity index (χ2n) is 4.65. The Balaban J connectivity index is 2.30. The van der Waals surface area contributed by atoms with Crippen LogP contribution in [0.3, 0.4) is 0 Å². The van der Waals surface area contributed by atoms with Gasteiger partial charge in [-0.15, -0.1) is 0 Å². The van der Waals surface area contributed by atoms with Crippen LogP contribution >= 0.6 is 11.6 Å². The van der Waals surface area contributed by atoms with Crippen LogP contribution in [-0.4, -0.2) is 15.4 Å². The maximum atomic E-state index is 10.9. The van der Waals surface area contributed by atoms with E-state index >= 15 is 0 Å². The minimum Gasteiger partial charge on any atom is -0.359 e. The maximum Gasteiger partial charge on any atom is 0.311 e. The number of nitro groups is 1. The minimum absolute atomic E-state index is 0.0254. The number of anilines is 1. The molecule has 0 spiro atoms. The van der Waals surface area contributed by atoms with Gasteiger partial charge in [0.25, 0.3) is 0 Å². The Labute approximate surface area is 104 Å². The van der Waals surface area contributed by atoms with Gasteiger partial charge in [-0.1, -0.05) is 24.4 Å². The quantitative estimate of drug-likeness (QED) is 0.511. The van der Waals surface area contributed by atoms with E-state index in [1.54, 1.807) is 0 Å². The van der Waals surface area contributed by atoms with E-state index in [-0.39, 0.29) is 22.2 Å². The summed E-state index contributed by atoms with van der Waals surface area (Å²) in [6.07, 6.45) is 4.27. The molecule has 0 bridgehead atoms. The van der Waals surface area contributed by atoms with E-state index in [0.29, 0.717) is 0 Å². The highest BCUT2D eigenvalue weighted by atomic mass is 35.5. The highest BCUT2D eigenvalue weighted by Gasteiger charge is 2.31. The molecule has 92 valence electrons. The molecule has 2 rings (SSSR count). The number of halogens is 1. The first kappa shape index (κ1) is 12.1. The summed E-state index contributed by atoms with van der Waals surface area (Å²) in [7, 11) is 0. The molecule has 0 atom stereocenters. The molecule has 0 saturated heterocycles. The van der Waals surface area contributed by atoms with E-state index in [4.69, 9.17) is 11.6 Å². The van der Waals surface area contributed by atoms with Crippen LogP contribution < -0.4 is 5.32 Å². The normalized spacial score (nSPS) is 18.0. The van der Waals surface area contributed by atoms with Crippen molar-refractivity contribution in [3.8, 4) is 0 Å². The summed E-state index contributed by atoms with van der Waals surface area (Å²) in [6.45, 7) is 2.06. The zero-order valence-electron chi connectivity index (χ0n) is 9.57. The van der Waals surface area contributed by atoms with Crippen molar-refractivity contribution < 1.29 is 4.92 Å². The van der Waals surface area contributed by atoms with Crippen LogP contribution in [0.4, 0.5) is 11.5 Å². The van der Waals surface area contributed by atoms with Crippen LogP contribution in [0.1, 0.15) is 32.6 Å². The van der Waals surface area contributed by atoms with Crippen LogP contribution in [0.15, 0.2) is 12.1 Å². The van der Waals surface area contributed by atoms with Gasteiger partial charge in [0.2, 0.25) is 5.82 Å². The third kappa shape index (κ3) is 2.66. The summed E-state index contributed by atoms with van der Waals surface area (Å²) in [6, 6.07) is 2.82. The molecule has 0 radical (unpaired) electrons. The molecule has 0 amide bonds. The monoisotopic (exact) mass is 255 g/mol. The second-order valence-corrected chi connectivity index (χ2v) is 5.04. The molecule has 17 heavy (non-hydrogen) atoms. The molecule has 0 aliphatic heterocycles. The van der Waals surface area contributed by atoms with Crippen molar-refractivity contribution in [3.05, 3.63) is 27.4 Å². The van der Waals surface area contributed by atoms with E-state index in [0.717, 1.165) is 25.7 Å². The standard InChI is InChI=1S/C11H14ClN3O2/c1-11(6-2-3-7-11)14-10-8(15(16)17)4-5-9(12)13-10/h4-5H,2-3,6-7H2,1H3,(H,13,14). The van der Waals surface area contributed by atoms with E-state index in [1.807, 2.05) is 0 Å². The molecule has 1 aromatic rings. The molecule has 6 heteroatoms. The summed E-state index contributed by atoms with van der Waals surface area (Å²) in [5.74, 6) is 0.270. The summed E-state index contributed by atoms with van der Waals surface area (Å²) in [4.78, 5) is 14.5. The lowest BCUT2D eigenvalue weighted by molar-refractivity contribution is -0.384. The first-order valence-corrected chi connectivity index (χ1v) is 5.97. The molecule has 1 fully saturated rings. The van der Waals surface area contributed by atoms with Crippen molar-refractivity contribution in [2.45, 2.75) is 38.1 Å². The number of pyridine rings is 1. The third-order valence-corrected chi connectivity index (χ3v) is 3.37. The molecule has 1 N–H and O–H groups in total. The highest BCUT2D eigenvalue weighted by Crippen LogP contribution is 2.35. The summed E-state index contributed by atoms with van der Waals surface area (Å²) in [5, 5.41) is 14.3. The predicted molar refractivity (Wildman–Crippen MR) is 66.4 cm³/mol. The van der Waals surface area contributed by atoms with Crippen molar-refractivity contribution >= 4 is 23.1 Å². The zero-order valence-corrected chi connectivity index (χ0v) is 10.3. The summed E-state index contributed by atoms with van der Waals surface area (Å²) < 4.78 is 0. The average molecular weight is 256 g/mol. The Morgan fingerprint density at radius 2 is 2.12 bits per heavy atom. The van der Waals surface area contributed by atoms with E-state index in [9.17, 15) is 10.1 Å². The SMILES string of the molecule is CC1(Nc2nc(Cl)ccc2[N+](=O)[O-])CCCC1. The van der Waals surface area contributed by atoms with Gasteiger partial charge >= 0.3 is 5.69 Å². The molecule has 1 heterocycles. The molecule has 1 aliphatic rings. The van der Waals surface area contributed by atoms with Gasteiger partial charge in [-0.05, 0) is 25.8 Å². The summed E-state index contributed by atoms with van der Waals surface area (Å²) >= 11 is 5.78. The lowest BCUT2D eigenvalue weighted by atomic mass is 10.0. The first-order chi connectivity index (χ1) is 8.00. The van der Waals surface area contributed by atoms with Gasteiger partial charge in [0.1, 0.15) is 5.15 Å². The fourth-order valence-corrected chi connectivity index (χ4v) is 2.38. The molecular formula is C11H14ClN3O2. The lowest BCUT2D eigenvalue weighted by Gasteiger charge is -2.25. The van der Waals surface area contributed by atoms with Crippen molar-refractivity contribution in [2.75, 3.05) is 5.32 Å². The number of rotatable bonds is 3. The van der Waals surface area contributed by atoms with E-state index < -0.39 is 4.92 Å². The van der Waals surface area contributed by atoms with Gasteiger partial charge in [0, 0.05) is 11.6 Å². The largest absolute Gasteiger partial charge is 0.359 e. The van der Waals surface area contributed by atoms with Crippen LogP contribution in [0, 0.1) is 10.1 Å². The molecule has 1 aromatic heterocycles. The summed E-state index contributed by atoms with van der Waals surface area (Å²) in [5.41, 5.74) is -0.134. The Morgan fingerprint density at radius 1 is 1.47 bits per heavy atom. The lowest BCUT2D eigenvalue weighted by Crippen LogP contribution is -2.31. The van der Waals surface area contributed by atoms with Gasteiger partial charge in [-0.3, -0.25) is 10.1 Å². The Hall–Kier alpha value is -1.36. The van der Waals surface area contributed by atoms with Crippen LogP contribution in [-0.2, 0) is 0 Å². The minimum atomic E-state index is -0.441. The smallest absolute Gasteiger partial charge is 0.311 e. The number of hydrogen-bond donors (Lipinski definition) is 1. The van der Waals surface area contributed by atoms with E-state index in [2.05, 4.69) is 17.2 Å². The Kier molecular flexibility index (Phi) is 3.19. The van der Waals surface area contributed by atoms with Gasteiger partial charge in [0.15, 0.2) is 0 Å². The second kappa shape index (κ2) is 4.49. The fraction of sp³-hybridized carbons (Fsp3) is 0.545. The van der Waals surface area contributed by atoms with Crippen molar-refractivity contribution in [1.29, 1.82) is 0 Å². The molecular weight excluding hydrogens is 242 g/mol. The van der Waals surface area contributed by atoms with Crippen LogP contribution in [0.5, 0.6) is 0 Å². The van der Waals surface area contributed by atoms with Gasteiger partial charge < -0.3 is 5.32 Å². The van der Waals surface area contributed by atoms with Gasteiger partial charge in [-0.2, -0.15) is 0 Å². The Bertz CT molecular complexity index is 444. The van der Waals surface area contributed by atoms with Crippen molar-refractivity contribution in [1.82, 2.24) is 4.98 Å².